The van der Waals surface area contributed by atoms with Gasteiger partial charge in [-0.15, -0.1) is 0 Å². The van der Waals surface area contributed by atoms with Gasteiger partial charge in [0.1, 0.15) is 24.2 Å². The third kappa shape index (κ3) is 12.9. The van der Waals surface area contributed by atoms with Crippen molar-refractivity contribution >= 4 is 45.2 Å². The maximum absolute atomic E-state index is 13.6. The van der Waals surface area contributed by atoms with Crippen LogP contribution in [-0.4, -0.2) is 58.2 Å². The van der Waals surface area contributed by atoms with E-state index >= 15 is 0 Å². The topological polar surface area (TPSA) is 96.0 Å². The molecule has 0 aromatic heterocycles. The summed E-state index contributed by atoms with van der Waals surface area (Å²) in [6.45, 7) is 33.6. The molecule has 1 saturated heterocycles. The molecule has 5 atom stereocenters. The molecule has 2 aromatic carbocycles. The largest absolute Gasteiger partial charge is 0.488 e. The number of hydrogen-bond acceptors (Lipinski definition) is 8. The van der Waals surface area contributed by atoms with Crippen LogP contribution < -0.4 is 9.47 Å². The summed E-state index contributed by atoms with van der Waals surface area (Å²) in [5.41, 5.74) is 1.95. The van der Waals surface area contributed by atoms with Gasteiger partial charge in [-0.25, -0.2) is 4.79 Å². The van der Waals surface area contributed by atoms with Crippen molar-refractivity contribution < 1.29 is 37.7 Å². The van der Waals surface area contributed by atoms with Crippen LogP contribution in [0.4, 0.5) is 0 Å². The maximum Gasteiger partial charge on any atom is 0.343 e. The summed E-state index contributed by atoms with van der Waals surface area (Å²) < 4.78 is 39.8. The number of benzene rings is 2. The highest BCUT2D eigenvalue weighted by Crippen LogP contribution is 2.49. The highest BCUT2D eigenvalue weighted by Gasteiger charge is 2.69. The van der Waals surface area contributed by atoms with E-state index in [1.807, 2.05) is 31.2 Å². The first kappa shape index (κ1) is 49.6. The summed E-state index contributed by atoms with van der Waals surface area (Å²) in [4.78, 5) is 13.6. The Balaban J connectivity index is 2.02. The Labute approximate surface area is 361 Å². The van der Waals surface area contributed by atoms with E-state index in [2.05, 4.69) is 129 Å². The van der Waals surface area contributed by atoms with Crippen LogP contribution >= 0.6 is 22.6 Å². The lowest BCUT2D eigenvalue weighted by atomic mass is 9.87. The van der Waals surface area contributed by atoms with Crippen LogP contribution in [0.15, 0.2) is 48.7 Å². The molecule has 0 bridgehead atoms. The predicted molar refractivity (Wildman–Crippen MR) is 246 cm³/mol. The molecule has 2 aromatic rings. The van der Waals surface area contributed by atoms with Crippen LogP contribution in [0.25, 0.3) is 0 Å². The number of carbonyl (C=O) groups excluding carboxylic acids is 1. The van der Waals surface area contributed by atoms with Gasteiger partial charge in [-0.3, -0.25) is 0 Å². The summed E-state index contributed by atoms with van der Waals surface area (Å²) in [6, 6.07) is 12.4. The maximum atomic E-state index is 13.6. The van der Waals surface area contributed by atoms with Gasteiger partial charge in [-0.2, -0.15) is 0 Å². The molecule has 1 aliphatic heterocycles. The van der Waals surface area contributed by atoms with Crippen molar-refractivity contribution in [2.24, 2.45) is 11.8 Å². The molecule has 0 saturated carbocycles. The van der Waals surface area contributed by atoms with Crippen LogP contribution in [0, 0.1) is 15.4 Å². The zero-order chi connectivity index (χ0) is 43.0. The number of halogens is 1. The smallest absolute Gasteiger partial charge is 0.343 e. The molecule has 11 heteroatoms. The van der Waals surface area contributed by atoms with Crippen molar-refractivity contribution in [1.29, 1.82) is 0 Å². The van der Waals surface area contributed by atoms with E-state index in [1.165, 1.54) is 0 Å². The molecule has 0 spiro atoms. The first-order valence-electron chi connectivity index (χ1n) is 21.1. The van der Waals surface area contributed by atoms with Gasteiger partial charge in [-0.05, 0) is 114 Å². The Kier molecular flexibility index (Phi) is 18.0. The number of aliphatic hydroxyl groups is 1. The van der Waals surface area contributed by atoms with Gasteiger partial charge in [0.15, 0.2) is 16.6 Å². The van der Waals surface area contributed by atoms with Gasteiger partial charge in [0.05, 0.1) is 35.3 Å². The minimum Gasteiger partial charge on any atom is -0.488 e. The van der Waals surface area contributed by atoms with E-state index in [1.54, 1.807) is 13.2 Å². The van der Waals surface area contributed by atoms with Crippen LogP contribution in [0.3, 0.4) is 0 Å². The minimum atomic E-state index is -2.39. The summed E-state index contributed by atoms with van der Waals surface area (Å²) in [6.07, 6.45) is 5.16. The molecule has 1 fully saturated rings. The molecule has 0 amide bonds. The number of aliphatic hydroxyl groups excluding tert-OH is 1. The second kappa shape index (κ2) is 20.7. The van der Waals surface area contributed by atoms with Crippen LogP contribution in [-0.2, 0) is 42.8 Å². The van der Waals surface area contributed by atoms with E-state index in [0.29, 0.717) is 25.6 Å². The van der Waals surface area contributed by atoms with Gasteiger partial charge < -0.3 is 32.9 Å². The van der Waals surface area contributed by atoms with Crippen LogP contribution in [0.2, 0.25) is 36.3 Å². The van der Waals surface area contributed by atoms with Crippen molar-refractivity contribution in [3.63, 3.8) is 0 Å². The Bertz CT molecular complexity index is 1610. The molecule has 1 heterocycles. The standard InChI is InChI=1S/C46H75IO8Si2/c1-16-22-34(37(48)29-40(55-57(14,15)45(9,10)11)46(39(17-2)54-46)43(49)50-18-3)25-26-51-38-28-35(27-32(4)5)42(52-30-33-23-20-19-21-24-33)36(41(38)47)31-53-56(12,13)44(6,7)8/h19-21,23-26,28,32,34,37,39-40,48H,16-18,22,27,29-31H2,1-15H3/b26-25+/t34?,37?,39-,40-,46-/m0/s1. The quantitative estimate of drug-likeness (QED) is 0.0410. The number of carbonyl (C=O) groups is 1. The molecule has 57 heavy (non-hydrogen) atoms. The molecule has 0 radical (unpaired) electrons. The molecule has 3 rings (SSSR count). The third-order valence-corrected chi connectivity index (χ3v) is 22.3. The molecular formula is C46H75IO8Si2. The molecular weight excluding hydrogens is 864 g/mol. The summed E-state index contributed by atoms with van der Waals surface area (Å²) in [5.74, 6) is 1.32. The average Bonchev–Trinajstić information content (AvgIpc) is 3.86. The summed E-state index contributed by atoms with van der Waals surface area (Å²) >= 11 is 2.38. The van der Waals surface area contributed by atoms with Crippen molar-refractivity contribution in [3.8, 4) is 11.5 Å². The van der Waals surface area contributed by atoms with Gasteiger partial charge >= 0.3 is 5.97 Å². The third-order valence-electron chi connectivity index (χ3n) is 12.1. The summed E-state index contributed by atoms with van der Waals surface area (Å²) in [7, 11) is -4.49. The second-order valence-corrected chi connectivity index (χ2v) is 29.8. The zero-order valence-corrected chi connectivity index (χ0v) is 42.0. The fourth-order valence-corrected chi connectivity index (χ4v) is 9.50. The Morgan fingerprint density at radius 1 is 0.982 bits per heavy atom. The molecule has 322 valence electrons. The van der Waals surface area contributed by atoms with Crippen LogP contribution in [0.1, 0.15) is 119 Å². The first-order valence-corrected chi connectivity index (χ1v) is 28.0. The fraction of sp³-hybridized carbons (Fsp3) is 0.674. The SMILES string of the molecule is CCCC(/C=C/Oc1cc(CC(C)C)c(OCc2ccccc2)c(CO[Si](C)(C)C(C)(C)C)c1I)C(O)C[C@H](O[Si](C)(C)C(C)(C)C)[C@@]1(C(=O)OCC)O[C@H]1CC. The monoisotopic (exact) mass is 938 g/mol. The normalized spacial score (nSPS) is 19.4. The molecule has 0 aliphatic carbocycles. The Hall–Kier alpha value is -1.75. The number of ether oxygens (including phenoxy) is 4. The van der Waals surface area contributed by atoms with E-state index in [4.69, 9.17) is 27.8 Å². The number of epoxide rings is 1. The van der Waals surface area contributed by atoms with E-state index < -0.39 is 40.4 Å². The molecule has 8 nitrogen and oxygen atoms in total. The zero-order valence-electron chi connectivity index (χ0n) is 37.8. The highest BCUT2D eigenvalue weighted by atomic mass is 127. The number of esters is 1. The van der Waals surface area contributed by atoms with E-state index in [0.717, 1.165) is 51.0 Å². The second-order valence-electron chi connectivity index (χ2n) is 19.2. The lowest BCUT2D eigenvalue weighted by Crippen LogP contribution is -2.53. The highest BCUT2D eigenvalue weighted by molar-refractivity contribution is 14.1. The minimum absolute atomic E-state index is 0.0456. The Morgan fingerprint density at radius 2 is 1.61 bits per heavy atom. The molecule has 1 N–H and O–H groups in total. The molecule has 1 aliphatic rings. The number of rotatable bonds is 22. The lowest BCUT2D eigenvalue weighted by Gasteiger charge is -2.41. The van der Waals surface area contributed by atoms with Crippen LogP contribution in [0.5, 0.6) is 11.5 Å². The predicted octanol–water partition coefficient (Wildman–Crippen LogP) is 12.2. The van der Waals surface area contributed by atoms with Gasteiger partial charge in [0.2, 0.25) is 5.60 Å². The van der Waals surface area contributed by atoms with E-state index in [9.17, 15) is 9.90 Å². The van der Waals surface area contributed by atoms with Crippen molar-refractivity contribution in [1.82, 2.24) is 0 Å². The van der Waals surface area contributed by atoms with E-state index in [-0.39, 0.29) is 35.1 Å². The Morgan fingerprint density at radius 3 is 2.14 bits per heavy atom. The van der Waals surface area contributed by atoms with Crippen molar-refractivity contribution in [3.05, 3.63) is 69.0 Å². The molecule has 2 unspecified atom stereocenters. The average molecular weight is 939 g/mol. The van der Waals surface area contributed by atoms with Gasteiger partial charge in [0.25, 0.3) is 0 Å². The summed E-state index contributed by atoms with van der Waals surface area (Å²) in [5, 5.41) is 11.9. The van der Waals surface area contributed by atoms with Gasteiger partial charge in [0, 0.05) is 17.9 Å². The fourth-order valence-electron chi connectivity index (χ4n) is 6.54. The lowest BCUT2D eigenvalue weighted by molar-refractivity contribution is -0.154. The van der Waals surface area contributed by atoms with Crippen molar-refractivity contribution in [2.75, 3.05) is 6.61 Å². The first-order chi connectivity index (χ1) is 26.4. The van der Waals surface area contributed by atoms with Gasteiger partial charge in [-0.1, -0.05) is 106 Å². The number of hydrogen-bond donors (Lipinski definition) is 1. The van der Waals surface area contributed by atoms with Crippen molar-refractivity contribution in [2.45, 2.75) is 182 Å².